The van der Waals surface area contributed by atoms with Crippen molar-refractivity contribution in [3.05, 3.63) is 33.5 Å². The maximum atomic E-state index is 11.0. The molecule has 0 saturated carbocycles. The van der Waals surface area contributed by atoms with Gasteiger partial charge < -0.3 is 9.72 Å². The van der Waals surface area contributed by atoms with Crippen LogP contribution in [0.5, 0.6) is 0 Å². The largest absolute Gasteiger partial charge is 0.383 e. The van der Waals surface area contributed by atoms with Crippen LogP contribution >= 0.6 is 12.2 Å². The maximum Gasteiger partial charge on any atom is 0.247 e. The second kappa shape index (κ2) is 5.07. The quantitative estimate of drug-likeness (QED) is 0.794. The molecule has 0 bridgehead atoms. The van der Waals surface area contributed by atoms with Crippen LogP contribution in [0.4, 0.5) is 0 Å². The van der Waals surface area contributed by atoms with E-state index in [9.17, 15) is 4.79 Å². The number of hydrogen-bond acceptors (Lipinski definition) is 4. The van der Waals surface area contributed by atoms with E-state index >= 15 is 0 Å². The molecule has 0 unspecified atom stereocenters. The van der Waals surface area contributed by atoms with Crippen LogP contribution in [0, 0.1) is 4.77 Å². The van der Waals surface area contributed by atoms with Gasteiger partial charge in [-0.05, 0) is 18.3 Å². The third-order valence-electron chi connectivity index (χ3n) is 2.32. The summed E-state index contributed by atoms with van der Waals surface area (Å²) in [5, 5.41) is 6.86. The number of ether oxygens (including phenoxy) is 1. The molecule has 2 heterocycles. The highest BCUT2D eigenvalue weighted by atomic mass is 32.1. The van der Waals surface area contributed by atoms with Crippen molar-refractivity contribution in [3.63, 3.8) is 0 Å². The molecule has 2 rings (SSSR count). The number of aromatic amines is 2. The van der Waals surface area contributed by atoms with Crippen molar-refractivity contribution >= 4 is 12.2 Å². The normalized spacial score (nSPS) is 10.6. The van der Waals surface area contributed by atoms with Crippen molar-refractivity contribution in [3.8, 4) is 11.4 Å². The summed E-state index contributed by atoms with van der Waals surface area (Å²) in [6, 6.07) is 3.15. The summed E-state index contributed by atoms with van der Waals surface area (Å²) in [5.74, 6) is 0.684. The van der Waals surface area contributed by atoms with Gasteiger partial charge in [-0.3, -0.25) is 14.5 Å². The van der Waals surface area contributed by atoms with Gasteiger partial charge in [0.25, 0.3) is 0 Å². The Kier molecular flexibility index (Phi) is 3.50. The molecule has 0 atom stereocenters. The SMILES string of the molecule is COCCn1c(-c2ccc(=O)[nH]c2)n[nH]c1=S. The lowest BCUT2D eigenvalue weighted by molar-refractivity contribution is 0.187. The number of aromatic nitrogens is 4. The Hall–Kier alpha value is -1.73. The molecule has 0 aliphatic heterocycles. The number of pyridine rings is 1. The average Bonchev–Trinajstić information content (AvgIpc) is 2.69. The predicted octanol–water partition coefficient (Wildman–Crippen LogP) is 0.942. The maximum absolute atomic E-state index is 11.0. The number of methoxy groups -OCH3 is 1. The molecular formula is C10H12N4O2S. The van der Waals surface area contributed by atoms with E-state index in [0.717, 1.165) is 5.56 Å². The summed E-state index contributed by atoms with van der Waals surface area (Å²) >= 11 is 5.13. The Balaban J connectivity index is 2.41. The molecule has 17 heavy (non-hydrogen) atoms. The number of H-pyrrole nitrogens is 2. The Morgan fingerprint density at radius 3 is 3.00 bits per heavy atom. The summed E-state index contributed by atoms with van der Waals surface area (Å²) in [4.78, 5) is 13.6. The fourth-order valence-electron chi connectivity index (χ4n) is 1.48. The number of hydrogen-bond donors (Lipinski definition) is 2. The van der Waals surface area contributed by atoms with Crippen LogP contribution in [0.25, 0.3) is 11.4 Å². The van der Waals surface area contributed by atoms with E-state index in [1.54, 1.807) is 19.4 Å². The summed E-state index contributed by atoms with van der Waals surface area (Å²) < 4.78 is 7.37. The fourth-order valence-corrected chi connectivity index (χ4v) is 1.70. The van der Waals surface area contributed by atoms with Gasteiger partial charge in [0.1, 0.15) is 0 Å². The minimum absolute atomic E-state index is 0.147. The number of nitrogens with zero attached hydrogens (tertiary/aromatic N) is 2. The molecule has 0 aromatic carbocycles. The lowest BCUT2D eigenvalue weighted by atomic mass is 10.3. The lowest BCUT2D eigenvalue weighted by Crippen LogP contribution is -2.07. The van der Waals surface area contributed by atoms with Gasteiger partial charge >= 0.3 is 0 Å². The summed E-state index contributed by atoms with van der Waals surface area (Å²) in [6.45, 7) is 1.16. The number of nitrogens with one attached hydrogen (secondary N) is 2. The van der Waals surface area contributed by atoms with E-state index in [1.165, 1.54) is 6.07 Å². The molecule has 0 radical (unpaired) electrons. The smallest absolute Gasteiger partial charge is 0.247 e. The Morgan fingerprint density at radius 2 is 2.35 bits per heavy atom. The fraction of sp³-hybridized carbons (Fsp3) is 0.300. The molecule has 0 spiro atoms. The van der Waals surface area contributed by atoms with Crippen LogP contribution < -0.4 is 5.56 Å². The second-order valence-electron chi connectivity index (χ2n) is 3.44. The van der Waals surface area contributed by atoms with Gasteiger partial charge in [0.15, 0.2) is 10.6 Å². The molecule has 2 aromatic heterocycles. The molecule has 2 N–H and O–H groups in total. The van der Waals surface area contributed by atoms with Crippen molar-refractivity contribution in [2.75, 3.05) is 13.7 Å². The average molecular weight is 252 g/mol. The third-order valence-corrected chi connectivity index (χ3v) is 2.63. The van der Waals surface area contributed by atoms with E-state index in [1.807, 2.05) is 4.57 Å². The van der Waals surface area contributed by atoms with Crippen LogP contribution in [0.3, 0.4) is 0 Å². The van der Waals surface area contributed by atoms with Crippen molar-refractivity contribution in [2.24, 2.45) is 0 Å². The van der Waals surface area contributed by atoms with E-state index < -0.39 is 0 Å². The highest BCUT2D eigenvalue weighted by molar-refractivity contribution is 7.71. The van der Waals surface area contributed by atoms with Crippen molar-refractivity contribution in [2.45, 2.75) is 6.54 Å². The predicted molar refractivity (Wildman–Crippen MR) is 65.3 cm³/mol. The summed E-state index contributed by atoms with van der Waals surface area (Å²) in [5.41, 5.74) is 0.652. The molecule has 7 heteroatoms. The Labute approximate surface area is 102 Å². The van der Waals surface area contributed by atoms with Crippen molar-refractivity contribution in [1.82, 2.24) is 19.7 Å². The zero-order valence-corrected chi connectivity index (χ0v) is 10.1. The Morgan fingerprint density at radius 1 is 1.53 bits per heavy atom. The van der Waals surface area contributed by atoms with Gasteiger partial charge in [-0.25, -0.2) is 0 Å². The molecular weight excluding hydrogens is 240 g/mol. The molecule has 6 nitrogen and oxygen atoms in total. The van der Waals surface area contributed by atoms with Gasteiger partial charge in [0, 0.05) is 24.9 Å². The first kappa shape index (κ1) is 11.7. The van der Waals surface area contributed by atoms with Crippen molar-refractivity contribution < 1.29 is 4.74 Å². The monoisotopic (exact) mass is 252 g/mol. The molecule has 0 aliphatic rings. The van der Waals surface area contributed by atoms with Gasteiger partial charge in [-0.1, -0.05) is 0 Å². The standard InChI is InChI=1S/C10H12N4O2S/c1-16-5-4-14-9(12-13-10(14)17)7-2-3-8(15)11-6-7/h2-3,6H,4-5H2,1H3,(H,11,15)(H,13,17). The van der Waals surface area contributed by atoms with Gasteiger partial charge in [0.2, 0.25) is 5.56 Å². The first-order valence-corrected chi connectivity index (χ1v) is 5.46. The molecule has 0 amide bonds. The second-order valence-corrected chi connectivity index (χ2v) is 3.83. The zero-order chi connectivity index (χ0) is 12.3. The molecule has 2 aromatic rings. The highest BCUT2D eigenvalue weighted by Gasteiger charge is 2.08. The minimum atomic E-state index is -0.147. The van der Waals surface area contributed by atoms with Crippen LogP contribution in [-0.2, 0) is 11.3 Å². The Bertz CT molecular complexity index is 593. The molecule has 0 fully saturated rings. The molecule has 0 aliphatic carbocycles. The van der Waals surface area contributed by atoms with Crippen LogP contribution in [0.1, 0.15) is 0 Å². The van der Waals surface area contributed by atoms with Gasteiger partial charge in [0.05, 0.1) is 13.2 Å². The summed E-state index contributed by atoms with van der Waals surface area (Å²) in [7, 11) is 1.63. The first-order valence-electron chi connectivity index (χ1n) is 5.05. The lowest BCUT2D eigenvalue weighted by Gasteiger charge is -2.05. The van der Waals surface area contributed by atoms with Gasteiger partial charge in [-0.2, -0.15) is 5.10 Å². The summed E-state index contributed by atoms with van der Waals surface area (Å²) in [6.07, 6.45) is 1.61. The van der Waals surface area contributed by atoms with Crippen molar-refractivity contribution in [1.29, 1.82) is 0 Å². The van der Waals surface area contributed by atoms with E-state index in [2.05, 4.69) is 15.2 Å². The van der Waals surface area contributed by atoms with E-state index in [0.29, 0.717) is 23.7 Å². The van der Waals surface area contributed by atoms with Gasteiger partial charge in [-0.15, -0.1) is 0 Å². The number of rotatable bonds is 4. The van der Waals surface area contributed by atoms with Crippen LogP contribution in [0.2, 0.25) is 0 Å². The third kappa shape index (κ3) is 2.51. The highest BCUT2D eigenvalue weighted by Crippen LogP contribution is 2.14. The topological polar surface area (TPSA) is 75.7 Å². The van der Waals surface area contributed by atoms with Crippen LogP contribution in [-0.4, -0.2) is 33.5 Å². The van der Waals surface area contributed by atoms with E-state index in [-0.39, 0.29) is 5.56 Å². The van der Waals surface area contributed by atoms with E-state index in [4.69, 9.17) is 17.0 Å². The minimum Gasteiger partial charge on any atom is -0.383 e. The van der Waals surface area contributed by atoms with Crippen LogP contribution in [0.15, 0.2) is 23.1 Å². The first-order chi connectivity index (χ1) is 8.22. The zero-order valence-electron chi connectivity index (χ0n) is 9.27. The molecule has 0 saturated heterocycles. The molecule has 90 valence electrons.